The van der Waals surface area contributed by atoms with Gasteiger partial charge in [-0.15, -0.1) is 0 Å². The average molecular weight is 338 g/mol. The summed E-state index contributed by atoms with van der Waals surface area (Å²) in [7, 11) is 3.33. The average Bonchev–Trinajstić information content (AvgIpc) is 2.55. The second kappa shape index (κ2) is 8.87. The molecular weight excluding hydrogens is 317 g/mol. The van der Waals surface area contributed by atoms with Crippen molar-refractivity contribution in [2.75, 3.05) is 27.4 Å². The predicted octanol–water partition coefficient (Wildman–Crippen LogP) is 4.14. The molecule has 0 aromatic heterocycles. The molecule has 2 rings (SSSR count). The number of rotatable bonds is 8. The van der Waals surface area contributed by atoms with Gasteiger partial charge in [0.1, 0.15) is 11.6 Å². The third-order valence-electron chi connectivity index (χ3n) is 3.56. The van der Waals surface area contributed by atoms with Crippen LogP contribution in [-0.2, 0) is 17.8 Å². The fourth-order valence-corrected chi connectivity index (χ4v) is 2.58. The standard InChI is InChI=1S/C18H21ClFNO2/c1-22-9-8-21(12-14-4-3-5-17(10-14)23-2)13-15-6-7-16(20)11-18(15)19/h3-7,10-11H,8-9,12-13H2,1-2H3. The summed E-state index contributed by atoms with van der Waals surface area (Å²) in [5, 5.41) is 0.443. The van der Waals surface area contributed by atoms with Crippen LogP contribution in [0, 0.1) is 5.82 Å². The summed E-state index contributed by atoms with van der Waals surface area (Å²) in [6.07, 6.45) is 0. The number of halogens is 2. The normalized spacial score (nSPS) is 11.0. The first-order chi connectivity index (χ1) is 11.1. The summed E-state index contributed by atoms with van der Waals surface area (Å²) in [4.78, 5) is 2.21. The van der Waals surface area contributed by atoms with Gasteiger partial charge in [-0.3, -0.25) is 4.90 Å². The Kier molecular flexibility index (Phi) is 6.84. The smallest absolute Gasteiger partial charge is 0.124 e. The Morgan fingerprint density at radius 1 is 1.09 bits per heavy atom. The quantitative estimate of drug-likeness (QED) is 0.722. The molecule has 0 aliphatic rings. The molecule has 0 N–H and O–H groups in total. The van der Waals surface area contributed by atoms with Crippen molar-refractivity contribution in [3.05, 3.63) is 64.4 Å². The Labute approximate surface area is 141 Å². The van der Waals surface area contributed by atoms with Gasteiger partial charge in [-0.25, -0.2) is 4.39 Å². The monoisotopic (exact) mass is 337 g/mol. The second-order valence-corrected chi connectivity index (χ2v) is 5.70. The van der Waals surface area contributed by atoms with Crippen LogP contribution >= 0.6 is 11.6 Å². The molecule has 0 atom stereocenters. The summed E-state index contributed by atoms with van der Waals surface area (Å²) in [5.41, 5.74) is 2.03. The molecule has 23 heavy (non-hydrogen) atoms. The van der Waals surface area contributed by atoms with Crippen molar-refractivity contribution >= 4 is 11.6 Å². The first kappa shape index (κ1) is 17.7. The van der Waals surface area contributed by atoms with Gasteiger partial charge in [0.15, 0.2) is 0 Å². The minimum absolute atomic E-state index is 0.324. The molecule has 0 aliphatic carbocycles. The minimum atomic E-state index is -0.324. The fourth-order valence-electron chi connectivity index (χ4n) is 2.35. The zero-order valence-electron chi connectivity index (χ0n) is 13.4. The molecule has 0 unspecified atom stereocenters. The number of methoxy groups -OCH3 is 2. The molecule has 2 aromatic rings. The highest BCUT2D eigenvalue weighted by Gasteiger charge is 2.11. The third-order valence-corrected chi connectivity index (χ3v) is 3.91. The van der Waals surface area contributed by atoms with Crippen LogP contribution in [-0.4, -0.2) is 32.3 Å². The zero-order chi connectivity index (χ0) is 16.7. The lowest BCUT2D eigenvalue weighted by molar-refractivity contribution is 0.140. The Morgan fingerprint density at radius 3 is 2.61 bits per heavy atom. The van der Waals surface area contributed by atoms with Gasteiger partial charge in [0, 0.05) is 31.8 Å². The van der Waals surface area contributed by atoms with Gasteiger partial charge in [-0.2, -0.15) is 0 Å². The number of ether oxygens (including phenoxy) is 2. The first-order valence-electron chi connectivity index (χ1n) is 7.40. The van der Waals surface area contributed by atoms with E-state index in [-0.39, 0.29) is 5.82 Å². The van der Waals surface area contributed by atoms with Gasteiger partial charge in [0.05, 0.1) is 13.7 Å². The minimum Gasteiger partial charge on any atom is -0.497 e. The van der Waals surface area contributed by atoms with Crippen molar-refractivity contribution in [1.29, 1.82) is 0 Å². The molecule has 0 saturated carbocycles. The van der Waals surface area contributed by atoms with Crippen molar-refractivity contribution in [3.63, 3.8) is 0 Å². The molecule has 0 radical (unpaired) electrons. The Morgan fingerprint density at radius 2 is 1.91 bits per heavy atom. The maximum atomic E-state index is 13.2. The lowest BCUT2D eigenvalue weighted by atomic mass is 10.1. The van der Waals surface area contributed by atoms with Crippen LogP contribution in [0.15, 0.2) is 42.5 Å². The number of hydrogen-bond acceptors (Lipinski definition) is 3. The molecule has 0 amide bonds. The molecule has 3 nitrogen and oxygen atoms in total. The highest BCUT2D eigenvalue weighted by Crippen LogP contribution is 2.21. The summed E-state index contributed by atoms with van der Waals surface area (Å²) >= 11 is 6.14. The highest BCUT2D eigenvalue weighted by atomic mass is 35.5. The lowest BCUT2D eigenvalue weighted by Gasteiger charge is -2.23. The summed E-state index contributed by atoms with van der Waals surface area (Å²) in [6.45, 7) is 2.72. The number of hydrogen-bond donors (Lipinski definition) is 0. The van der Waals surface area contributed by atoms with E-state index in [0.29, 0.717) is 18.2 Å². The van der Waals surface area contributed by atoms with Crippen molar-refractivity contribution < 1.29 is 13.9 Å². The Balaban J connectivity index is 2.12. The molecule has 2 aromatic carbocycles. The molecule has 0 heterocycles. The van der Waals surface area contributed by atoms with Gasteiger partial charge in [0.25, 0.3) is 0 Å². The van der Waals surface area contributed by atoms with Crippen LogP contribution in [0.5, 0.6) is 5.75 Å². The van der Waals surface area contributed by atoms with Crippen LogP contribution in [0.2, 0.25) is 5.02 Å². The van der Waals surface area contributed by atoms with Crippen molar-refractivity contribution in [2.24, 2.45) is 0 Å². The largest absolute Gasteiger partial charge is 0.497 e. The highest BCUT2D eigenvalue weighted by molar-refractivity contribution is 6.31. The van der Waals surface area contributed by atoms with Crippen LogP contribution < -0.4 is 4.74 Å². The van der Waals surface area contributed by atoms with Crippen LogP contribution in [0.1, 0.15) is 11.1 Å². The van der Waals surface area contributed by atoms with Gasteiger partial charge < -0.3 is 9.47 Å². The van der Waals surface area contributed by atoms with E-state index >= 15 is 0 Å². The van der Waals surface area contributed by atoms with E-state index in [1.165, 1.54) is 12.1 Å². The zero-order valence-corrected chi connectivity index (χ0v) is 14.1. The van der Waals surface area contributed by atoms with Crippen LogP contribution in [0.4, 0.5) is 4.39 Å². The molecule has 0 aliphatic heterocycles. The predicted molar refractivity (Wildman–Crippen MR) is 90.4 cm³/mol. The van der Waals surface area contributed by atoms with Crippen molar-refractivity contribution in [1.82, 2.24) is 4.90 Å². The van der Waals surface area contributed by atoms with E-state index in [2.05, 4.69) is 11.0 Å². The van der Waals surface area contributed by atoms with E-state index in [1.807, 2.05) is 18.2 Å². The van der Waals surface area contributed by atoms with E-state index < -0.39 is 0 Å². The first-order valence-corrected chi connectivity index (χ1v) is 7.78. The van der Waals surface area contributed by atoms with E-state index in [0.717, 1.165) is 30.0 Å². The third kappa shape index (κ3) is 5.50. The molecule has 0 bridgehead atoms. The molecule has 0 fully saturated rings. The maximum Gasteiger partial charge on any atom is 0.124 e. The Bertz CT molecular complexity index is 636. The van der Waals surface area contributed by atoms with Crippen LogP contribution in [0.25, 0.3) is 0 Å². The summed E-state index contributed by atoms with van der Waals surface area (Å²) in [6, 6.07) is 12.4. The fraction of sp³-hybridized carbons (Fsp3) is 0.333. The van der Waals surface area contributed by atoms with Crippen LogP contribution in [0.3, 0.4) is 0 Å². The molecular formula is C18H21ClFNO2. The Hall–Kier alpha value is -1.62. The summed E-state index contributed by atoms with van der Waals surface area (Å²) in [5.74, 6) is 0.504. The van der Waals surface area contributed by atoms with Gasteiger partial charge in [0.2, 0.25) is 0 Å². The molecule has 0 spiro atoms. The number of nitrogens with zero attached hydrogens (tertiary/aromatic N) is 1. The van der Waals surface area contributed by atoms with E-state index in [4.69, 9.17) is 21.1 Å². The lowest BCUT2D eigenvalue weighted by Crippen LogP contribution is -2.26. The topological polar surface area (TPSA) is 21.7 Å². The molecule has 0 saturated heterocycles. The second-order valence-electron chi connectivity index (χ2n) is 5.29. The summed E-state index contributed by atoms with van der Waals surface area (Å²) < 4.78 is 23.6. The SMILES string of the molecule is COCCN(Cc1cccc(OC)c1)Cc1ccc(F)cc1Cl. The van der Waals surface area contributed by atoms with Gasteiger partial charge >= 0.3 is 0 Å². The van der Waals surface area contributed by atoms with E-state index in [1.54, 1.807) is 20.3 Å². The van der Waals surface area contributed by atoms with Gasteiger partial charge in [-0.1, -0.05) is 29.8 Å². The molecule has 5 heteroatoms. The molecule has 124 valence electrons. The van der Waals surface area contributed by atoms with Crippen molar-refractivity contribution in [2.45, 2.75) is 13.1 Å². The van der Waals surface area contributed by atoms with Gasteiger partial charge in [-0.05, 0) is 35.4 Å². The van der Waals surface area contributed by atoms with E-state index in [9.17, 15) is 4.39 Å². The number of benzene rings is 2. The maximum absolute atomic E-state index is 13.2. The van der Waals surface area contributed by atoms with Crippen molar-refractivity contribution in [3.8, 4) is 5.75 Å².